The van der Waals surface area contributed by atoms with Gasteiger partial charge in [-0.1, -0.05) is 0 Å². The van der Waals surface area contributed by atoms with Crippen LogP contribution in [0.2, 0.25) is 0 Å². The summed E-state index contributed by atoms with van der Waals surface area (Å²) < 4.78 is 0. The number of amides is 2. The van der Waals surface area contributed by atoms with Gasteiger partial charge >= 0.3 is 0 Å². The zero-order chi connectivity index (χ0) is 20.2. The molecule has 6 aliphatic rings. The molecule has 0 aromatic rings. The van der Waals surface area contributed by atoms with Gasteiger partial charge in [-0.3, -0.25) is 9.59 Å². The molecule has 0 aromatic carbocycles. The summed E-state index contributed by atoms with van der Waals surface area (Å²) in [5.74, 6) is 2.23. The lowest BCUT2D eigenvalue weighted by Gasteiger charge is -2.59. The lowest BCUT2D eigenvalue weighted by molar-refractivity contribution is -0.883. The van der Waals surface area contributed by atoms with Gasteiger partial charge in [-0.05, 0) is 61.7 Å². The van der Waals surface area contributed by atoms with E-state index in [9.17, 15) is 9.59 Å². The average molecular weight is 405 g/mol. The fourth-order valence-electron chi connectivity index (χ4n) is 7.74. The summed E-state index contributed by atoms with van der Waals surface area (Å²) >= 11 is 0. The molecule has 2 aliphatic heterocycles. The number of hydrogen-bond donors (Lipinski definition) is 2. The predicted octanol–water partition coefficient (Wildman–Crippen LogP) is -1.47. The molecule has 6 nitrogen and oxygen atoms in total. The Balaban J connectivity index is 1.43. The molecule has 4 saturated carbocycles. The van der Waals surface area contributed by atoms with Crippen LogP contribution in [0.3, 0.4) is 0 Å². The van der Waals surface area contributed by atoms with E-state index in [2.05, 4.69) is 23.9 Å². The van der Waals surface area contributed by atoms with E-state index in [1.54, 1.807) is 0 Å². The highest BCUT2D eigenvalue weighted by Gasteiger charge is 2.59. The van der Waals surface area contributed by atoms with Crippen LogP contribution in [-0.2, 0) is 9.59 Å². The van der Waals surface area contributed by atoms with Crippen molar-refractivity contribution >= 4 is 11.8 Å². The normalized spacial score (nSPS) is 38.1. The highest BCUT2D eigenvalue weighted by Crippen LogP contribution is 2.63. The van der Waals surface area contributed by atoms with Gasteiger partial charge in [0.1, 0.15) is 5.92 Å². The first-order valence-corrected chi connectivity index (χ1v) is 12.1. The van der Waals surface area contributed by atoms with E-state index >= 15 is 0 Å². The second kappa shape index (κ2) is 7.52. The summed E-state index contributed by atoms with van der Waals surface area (Å²) in [4.78, 5) is 35.0. The molecule has 4 aliphatic carbocycles. The molecule has 2 heterocycles. The molecule has 162 valence electrons. The molecule has 4 bridgehead atoms. The van der Waals surface area contributed by atoms with Gasteiger partial charge in [0, 0.05) is 0 Å². The van der Waals surface area contributed by atoms with Crippen molar-refractivity contribution < 1.29 is 19.4 Å². The zero-order valence-corrected chi connectivity index (χ0v) is 18.4. The first-order valence-electron chi connectivity index (χ1n) is 12.1. The van der Waals surface area contributed by atoms with E-state index in [1.165, 1.54) is 29.1 Å². The van der Waals surface area contributed by atoms with Gasteiger partial charge in [-0.15, -0.1) is 0 Å². The molecule has 6 rings (SSSR count). The summed E-state index contributed by atoms with van der Waals surface area (Å²) in [6.45, 7) is 7.27. The fraction of sp³-hybridized carbons (Fsp3) is 0.913. The molecule has 0 aromatic heterocycles. The van der Waals surface area contributed by atoms with Gasteiger partial charge in [0.25, 0.3) is 0 Å². The smallest absolute Gasteiger partial charge is 0.236 e. The van der Waals surface area contributed by atoms with Crippen LogP contribution in [0.15, 0.2) is 0 Å². The minimum Gasteiger partial charge on any atom is -0.334 e. The number of likely N-dealkylation sites (N-methyl/N-ethyl adjacent to an activating group) is 2. The first kappa shape index (κ1) is 19.8. The van der Waals surface area contributed by atoms with Crippen molar-refractivity contribution in [3.05, 3.63) is 0 Å². The van der Waals surface area contributed by atoms with Gasteiger partial charge in [-0.25, -0.2) is 0 Å². The number of rotatable bonds is 3. The Bertz CT molecular complexity index is 580. The number of piperazine rings is 2. The second-order valence-corrected chi connectivity index (χ2v) is 11.3. The largest absolute Gasteiger partial charge is 0.334 e. The highest BCUT2D eigenvalue weighted by molar-refractivity contribution is 6.01. The van der Waals surface area contributed by atoms with Crippen LogP contribution in [0.4, 0.5) is 0 Å². The van der Waals surface area contributed by atoms with Crippen molar-refractivity contribution in [2.45, 2.75) is 38.5 Å². The monoisotopic (exact) mass is 404 g/mol. The van der Waals surface area contributed by atoms with Crippen LogP contribution < -0.4 is 9.80 Å². The maximum absolute atomic E-state index is 13.9. The molecule has 0 radical (unpaired) electrons. The van der Waals surface area contributed by atoms with Crippen molar-refractivity contribution in [3.8, 4) is 0 Å². The summed E-state index contributed by atoms with van der Waals surface area (Å²) in [6.07, 6.45) is 7.43. The summed E-state index contributed by atoms with van der Waals surface area (Å²) in [6, 6.07) is 0. The predicted molar refractivity (Wildman–Crippen MR) is 110 cm³/mol. The molecule has 2 N–H and O–H groups in total. The van der Waals surface area contributed by atoms with Crippen molar-refractivity contribution in [2.24, 2.45) is 29.1 Å². The Morgan fingerprint density at radius 1 is 0.724 bits per heavy atom. The SMILES string of the molecule is C[NH+]1CCN(C(=O)C(C(=O)N2CC[NH+](C)CC2)C23CC4CC(CC(C4)C2)C3)CC1. The maximum atomic E-state index is 13.9. The van der Waals surface area contributed by atoms with Crippen molar-refractivity contribution in [2.75, 3.05) is 66.5 Å². The van der Waals surface area contributed by atoms with Gasteiger partial charge < -0.3 is 19.6 Å². The summed E-state index contributed by atoms with van der Waals surface area (Å²) in [5, 5.41) is 0. The number of carbonyl (C=O) groups excluding carboxylic acids is 2. The lowest BCUT2D eigenvalue weighted by Crippen LogP contribution is -3.12. The molecular weight excluding hydrogens is 364 g/mol. The van der Waals surface area contributed by atoms with E-state index in [-0.39, 0.29) is 17.2 Å². The average Bonchev–Trinajstić information content (AvgIpc) is 2.68. The Morgan fingerprint density at radius 3 is 1.41 bits per heavy atom. The highest BCUT2D eigenvalue weighted by atomic mass is 16.2. The fourth-order valence-corrected chi connectivity index (χ4v) is 7.74. The Labute approximate surface area is 175 Å². The maximum Gasteiger partial charge on any atom is 0.236 e. The van der Waals surface area contributed by atoms with E-state index in [4.69, 9.17) is 0 Å². The second-order valence-electron chi connectivity index (χ2n) is 11.3. The lowest BCUT2D eigenvalue weighted by atomic mass is 9.46. The van der Waals surface area contributed by atoms with Crippen LogP contribution in [0.1, 0.15) is 38.5 Å². The molecule has 0 unspecified atom stereocenters. The Hall–Kier alpha value is -1.14. The van der Waals surface area contributed by atoms with E-state index in [1.807, 2.05) is 0 Å². The van der Waals surface area contributed by atoms with Crippen molar-refractivity contribution in [1.82, 2.24) is 9.80 Å². The minimum absolute atomic E-state index is 0.0463. The molecule has 29 heavy (non-hydrogen) atoms. The van der Waals surface area contributed by atoms with E-state index < -0.39 is 5.92 Å². The number of hydrogen-bond acceptors (Lipinski definition) is 2. The third-order valence-corrected chi connectivity index (χ3v) is 9.05. The number of nitrogens with one attached hydrogen (secondary N) is 2. The van der Waals surface area contributed by atoms with Crippen molar-refractivity contribution in [3.63, 3.8) is 0 Å². The third-order valence-electron chi connectivity index (χ3n) is 9.05. The number of nitrogens with zero attached hydrogens (tertiary/aromatic N) is 2. The Kier molecular flexibility index (Phi) is 5.14. The molecular formula is C23H40N4O2+2. The van der Waals surface area contributed by atoms with Crippen LogP contribution in [0.5, 0.6) is 0 Å². The Morgan fingerprint density at radius 2 is 1.07 bits per heavy atom. The van der Waals surface area contributed by atoms with Gasteiger partial charge in [0.2, 0.25) is 11.8 Å². The van der Waals surface area contributed by atoms with Crippen LogP contribution in [0, 0.1) is 29.1 Å². The van der Waals surface area contributed by atoms with E-state index in [0.717, 1.165) is 89.4 Å². The first-order chi connectivity index (χ1) is 13.9. The van der Waals surface area contributed by atoms with Crippen molar-refractivity contribution in [1.29, 1.82) is 0 Å². The minimum atomic E-state index is -0.410. The summed E-state index contributed by atoms with van der Waals surface area (Å²) in [5.41, 5.74) is -0.0463. The quantitative estimate of drug-likeness (QED) is 0.565. The van der Waals surface area contributed by atoms with Crippen LogP contribution in [0.25, 0.3) is 0 Å². The molecule has 6 fully saturated rings. The number of carbonyl (C=O) groups is 2. The van der Waals surface area contributed by atoms with E-state index in [0.29, 0.717) is 0 Å². The van der Waals surface area contributed by atoms with Gasteiger partial charge in [0.05, 0.1) is 66.5 Å². The molecule has 2 saturated heterocycles. The van der Waals surface area contributed by atoms with Crippen LogP contribution in [-0.4, -0.2) is 88.1 Å². The molecule has 0 atom stereocenters. The van der Waals surface area contributed by atoms with Gasteiger partial charge in [-0.2, -0.15) is 0 Å². The summed E-state index contributed by atoms with van der Waals surface area (Å²) in [7, 11) is 4.41. The third kappa shape index (κ3) is 3.60. The standard InChI is InChI=1S/C23H38N4O2/c1-24-3-7-26(8-4-24)21(28)20(22(29)27-9-5-25(2)6-10-27)23-14-17-11-18(15-23)13-19(12-17)16-23/h17-20H,3-16H2,1-2H3/p+2. The molecule has 0 spiro atoms. The topological polar surface area (TPSA) is 49.5 Å². The molecule has 6 heteroatoms. The zero-order valence-electron chi connectivity index (χ0n) is 18.4. The van der Waals surface area contributed by atoms with Gasteiger partial charge in [0.15, 0.2) is 0 Å². The molecule has 2 amide bonds. The number of quaternary nitrogens is 2. The van der Waals surface area contributed by atoms with Crippen LogP contribution >= 0.6 is 0 Å².